The number of aromatic amines is 1. The SMILES string of the molecule is Cc1nc(C(=O)N2CCc3c([nH]c4ccccc34)[C@H]2c2cc(F)ccc2F)cs1. The highest BCUT2D eigenvalue weighted by Crippen LogP contribution is 2.40. The van der Waals surface area contributed by atoms with Gasteiger partial charge in [0.1, 0.15) is 23.4 Å². The van der Waals surface area contributed by atoms with E-state index in [1.54, 1.807) is 10.3 Å². The molecule has 1 aliphatic rings. The molecule has 2 aromatic heterocycles. The van der Waals surface area contributed by atoms with Gasteiger partial charge in [-0.15, -0.1) is 11.3 Å². The van der Waals surface area contributed by atoms with Crippen molar-refractivity contribution in [2.24, 2.45) is 0 Å². The monoisotopic (exact) mass is 409 g/mol. The Bertz CT molecular complexity index is 1250. The van der Waals surface area contributed by atoms with Gasteiger partial charge >= 0.3 is 0 Å². The van der Waals surface area contributed by atoms with E-state index in [1.807, 2.05) is 31.2 Å². The fourth-order valence-corrected chi connectivity index (χ4v) is 4.70. The number of aromatic nitrogens is 2. The minimum absolute atomic E-state index is 0.137. The zero-order valence-electron chi connectivity index (χ0n) is 15.6. The van der Waals surface area contributed by atoms with E-state index >= 15 is 0 Å². The van der Waals surface area contributed by atoms with Crippen molar-refractivity contribution in [3.05, 3.63) is 87.0 Å². The van der Waals surface area contributed by atoms with Crippen molar-refractivity contribution in [2.45, 2.75) is 19.4 Å². The number of thiazole rings is 1. The molecule has 29 heavy (non-hydrogen) atoms. The third-order valence-corrected chi connectivity index (χ3v) is 6.16. The number of amides is 1. The first-order valence-corrected chi connectivity index (χ1v) is 10.2. The van der Waals surface area contributed by atoms with Crippen molar-refractivity contribution in [2.75, 3.05) is 6.54 Å². The minimum Gasteiger partial charge on any atom is -0.356 e. The summed E-state index contributed by atoms with van der Waals surface area (Å²) in [6.07, 6.45) is 0.627. The first kappa shape index (κ1) is 18.0. The van der Waals surface area contributed by atoms with Gasteiger partial charge < -0.3 is 9.88 Å². The number of benzene rings is 2. The Balaban J connectivity index is 1.71. The van der Waals surface area contributed by atoms with Crippen molar-refractivity contribution in [3.8, 4) is 0 Å². The first-order valence-electron chi connectivity index (χ1n) is 9.30. The minimum atomic E-state index is -0.753. The van der Waals surface area contributed by atoms with Gasteiger partial charge in [0.25, 0.3) is 5.91 Å². The predicted octanol–water partition coefficient (Wildman–Crippen LogP) is 5.00. The number of hydrogen-bond donors (Lipinski definition) is 1. The average Bonchev–Trinajstić information content (AvgIpc) is 3.32. The van der Waals surface area contributed by atoms with E-state index in [2.05, 4.69) is 9.97 Å². The lowest BCUT2D eigenvalue weighted by Crippen LogP contribution is -2.41. The highest BCUT2D eigenvalue weighted by molar-refractivity contribution is 7.09. The number of nitrogens with one attached hydrogen (secondary N) is 1. The lowest BCUT2D eigenvalue weighted by Gasteiger charge is -2.36. The van der Waals surface area contributed by atoms with Gasteiger partial charge in [-0.25, -0.2) is 13.8 Å². The second-order valence-electron chi connectivity index (χ2n) is 7.13. The maximum atomic E-state index is 14.8. The molecule has 4 aromatic rings. The highest BCUT2D eigenvalue weighted by Gasteiger charge is 2.37. The third kappa shape index (κ3) is 2.93. The van der Waals surface area contributed by atoms with Crippen molar-refractivity contribution < 1.29 is 13.6 Å². The van der Waals surface area contributed by atoms with Crippen LogP contribution in [0.4, 0.5) is 8.78 Å². The second kappa shape index (κ2) is 6.77. The fraction of sp³-hybridized carbons (Fsp3) is 0.182. The quantitative estimate of drug-likeness (QED) is 0.507. The van der Waals surface area contributed by atoms with E-state index in [9.17, 15) is 13.6 Å². The Labute approximate surface area is 169 Å². The molecule has 0 saturated heterocycles. The second-order valence-corrected chi connectivity index (χ2v) is 8.19. The van der Waals surface area contributed by atoms with Gasteiger partial charge in [-0.05, 0) is 43.2 Å². The Morgan fingerprint density at radius 2 is 2.07 bits per heavy atom. The molecule has 4 nitrogen and oxygen atoms in total. The van der Waals surface area contributed by atoms with Crippen LogP contribution in [0.25, 0.3) is 10.9 Å². The molecule has 1 aliphatic heterocycles. The molecule has 0 spiro atoms. The maximum absolute atomic E-state index is 14.8. The van der Waals surface area contributed by atoms with Crippen LogP contribution in [-0.2, 0) is 6.42 Å². The smallest absolute Gasteiger partial charge is 0.274 e. The summed E-state index contributed by atoms with van der Waals surface area (Å²) in [7, 11) is 0. The van der Waals surface area contributed by atoms with Crippen molar-refractivity contribution in [1.29, 1.82) is 0 Å². The van der Waals surface area contributed by atoms with Crippen LogP contribution < -0.4 is 0 Å². The topological polar surface area (TPSA) is 49.0 Å². The molecule has 0 unspecified atom stereocenters. The number of nitrogens with zero attached hydrogens (tertiary/aromatic N) is 2. The van der Waals surface area contributed by atoms with Crippen LogP contribution in [0.2, 0.25) is 0 Å². The molecule has 1 atom stereocenters. The Hall–Kier alpha value is -3.06. The van der Waals surface area contributed by atoms with Crippen molar-refractivity contribution >= 4 is 28.1 Å². The zero-order valence-corrected chi connectivity index (χ0v) is 16.4. The van der Waals surface area contributed by atoms with E-state index in [0.29, 0.717) is 18.7 Å². The zero-order chi connectivity index (χ0) is 20.1. The summed E-state index contributed by atoms with van der Waals surface area (Å²) in [5.41, 5.74) is 3.14. The lowest BCUT2D eigenvalue weighted by molar-refractivity contribution is 0.0683. The summed E-state index contributed by atoms with van der Waals surface area (Å²) in [5, 5.41) is 3.53. The number of para-hydroxylation sites is 1. The molecule has 146 valence electrons. The number of H-pyrrole nitrogens is 1. The molecule has 1 amide bonds. The van der Waals surface area contributed by atoms with E-state index in [1.165, 1.54) is 17.4 Å². The average molecular weight is 409 g/mol. The normalized spacial score (nSPS) is 16.2. The molecule has 1 N–H and O–H groups in total. The van der Waals surface area contributed by atoms with Crippen LogP contribution in [0.3, 0.4) is 0 Å². The molecule has 3 heterocycles. The number of carbonyl (C=O) groups is 1. The van der Waals surface area contributed by atoms with Gasteiger partial charge in [0.2, 0.25) is 0 Å². The summed E-state index contributed by atoms with van der Waals surface area (Å²) in [6, 6.07) is 10.4. The van der Waals surface area contributed by atoms with E-state index < -0.39 is 17.7 Å². The number of hydrogen-bond acceptors (Lipinski definition) is 3. The van der Waals surface area contributed by atoms with Crippen LogP contribution in [0.5, 0.6) is 0 Å². The van der Waals surface area contributed by atoms with Gasteiger partial charge in [0.05, 0.1) is 5.01 Å². The van der Waals surface area contributed by atoms with Crippen LogP contribution in [0, 0.1) is 18.6 Å². The van der Waals surface area contributed by atoms with Gasteiger partial charge in [0, 0.05) is 34.1 Å². The molecular weight excluding hydrogens is 392 g/mol. The molecule has 0 bridgehead atoms. The standard InChI is InChI=1S/C22H17F2N3OS/c1-12-25-19(11-29-12)22(28)27-9-8-15-14-4-2-3-5-18(14)26-20(15)21(27)16-10-13(23)6-7-17(16)24/h2-7,10-11,21,26H,8-9H2,1H3/t21-/m1/s1. The fourth-order valence-electron chi connectivity index (χ4n) is 4.12. The van der Waals surface area contributed by atoms with Gasteiger partial charge in [-0.1, -0.05) is 18.2 Å². The van der Waals surface area contributed by atoms with E-state index in [0.717, 1.165) is 39.3 Å². The molecule has 2 aromatic carbocycles. The van der Waals surface area contributed by atoms with Crippen LogP contribution in [-0.4, -0.2) is 27.3 Å². The molecule has 0 aliphatic carbocycles. The van der Waals surface area contributed by atoms with Crippen LogP contribution >= 0.6 is 11.3 Å². The Morgan fingerprint density at radius 1 is 1.24 bits per heavy atom. The molecule has 0 fully saturated rings. The van der Waals surface area contributed by atoms with Crippen LogP contribution in [0.15, 0.2) is 47.8 Å². The van der Waals surface area contributed by atoms with Gasteiger partial charge in [0.15, 0.2) is 0 Å². The maximum Gasteiger partial charge on any atom is 0.274 e. The summed E-state index contributed by atoms with van der Waals surface area (Å²) in [5.74, 6) is -1.37. The Kier molecular flexibility index (Phi) is 4.20. The van der Waals surface area contributed by atoms with Gasteiger partial charge in [-0.2, -0.15) is 0 Å². The number of aryl methyl sites for hydroxylation is 1. The molecule has 0 saturated carbocycles. The highest BCUT2D eigenvalue weighted by atomic mass is 32.1. The molecule has 7 heteroatoms. The largest absolute Gasteiger partial charge is 0.356 e. The predicted molar refractivity (Wildman–Crippen MR) is 108 cm³/mol. The summed E-state index contributed by atoms with van der Waals surface area (Å²) in [6.45, 7) is 2.22. The number of fused-ring (bicyclic) bond motifs is 3. The Morgan fingerprint density at radius 3 is 2.86 bits per heavy atom. The van der Waals surface area contributed by atoms with Gasteiger partial charge in [-0.3, -0.25) is 4.79 Å². The molecule has 0 radical (unpaired) electrons. The van der Waals surface area contributed by atoms with E-state index in [4.69, 9.17) is 0 Å². The molecule has 5 rings (SSSR count). The van der Waals surface area contributed by atoms with Crippen molar-refractivity contribution in [3.63, 3.8) is 0 Å². The summed E-state index contributed by atoms with van der Waals surface area (Å²) < 4.78 is 28.9. The summed E-state index contributed by atoms with van der Waals surface area (Å²) >= 11 is 1.39. The molecular formula is C22H17F2N3OS. The lowest BCUT2D eigenvalue weighted by atomic mass is 9.91. The number of halogens is 2. The van der Waals surface area contributed by atoms with Crippen LogP contribution in [0.1, 0.15) is 38.4 Å². The first-order chi connectivity index (χ1) is 14.0. The summed E-state index contributed by atoms with van der Waals surface area (Å²) in [4.78, 5) is 22.5. The third-order valence-electron chi connectivity index (χ3n) is 5.39. The van der Waals surface area contributed by atoms with E-state index in [-0.39, 0.29) is 11.5 Å². The van der Waals surface area contributed by atoms with Crippen molar-refractivity contribution in [1.82, 2.24) is 14.9 Å². The number of carbonyl (C=O) groups excluding carboxylic acids is 1. The number of rotatable bonds is 2.